The lowest BCUT2D eigenvalue weighted by atomic mass is 10.0. The van der Waals surface area contributed by atoms with Gasteiger partial charge in [-0.25, -0.2) is 31.1 Å². The average Bonchev–Trinajstić information content (AvgIpc) is 3.65. The van der Waals surface area contributed by atoms with Crippen LogP contribution in [0.3, 0.4) is 0 Å². The molecule has 0 aliphatic carbocycles. The zero-order chi connectivity index (χ0) is 28.3. The second-order valence-corrected chi connectivity index (χ2v) is 11.8. The number of amides is 2. The van der Waals surface area contributed by atoms with Crippen molar-refractivity contribution in [3.63, 3.8) is 0 Å². The zero-order valence-corrected chi connectivity index (χ0v) is 21.9. The van der Waals surface area contributed by atoms with Crippen LogP contribution in [0.5, 0.6) is 5.75 Å². The van der Waals surface area contributed by atoms with E-state index in [1.807, 2.05) is 0 Å². The summed E-state index contributed by atoms with van der Waals surface area (Å²) in [4.78, 5) is 27.0. The summed E-state index contributed by atoms with van der Waals surface area (Å²) in [5, 5.41) is 2.24. The highest BCUT2D eigenvalue weighted by atomic mass is 32.2. The highest BCUT2D eigenvalue weighted by molar-refractivity contribution is 7.89. The van der Waals surface area contributed by atoms with E-state index in [0.29, 0.717) is 25.2 Å². The summed E-state index contributed by atoms with van der Waals surface area (Å²) >= 11 is 0. The summed E-state index contributed by atoms with van der Waals surface area (Å²) in [6, 6.07) is 0.503. The molecule has 2 amide bonds. The number of ether oxygens (including phenoxy) is 4. The van der Waals surface area contributed by atoms with Crippen LogP contribution < -0.4 is 14.8 Å². The number of sulfonamides is 1. The van der Waals surface area contributed by atoms with Crippen LogP contribution in [0.15, 0.2) is 23.2 Å². The maximum atomic E-state index is 13.6. The SMILES string of the molecule is Cn1cc2c(c1C(=O)Nc1cc(F)c(F)c(F)c1)OCC1CN(C(=O)O[C@H]3CO[C@H]4OCC[C@H]43)CC1NS2(=O)=O. The molecule has 216 valence electrons. The van der Waals surface area contributed by atoms with E-state index in [4.69, 9.17) is 18.9 Å². The van der Waals surface area contributed by atoms with Crippen molar-refractivity contribution in [2.75, 3.05) is 38.2 Å². The lowest BCUT2D eigenvalue weighted by Crippen LogP contribution is -2.44. The molecule has 0 bridgehead atoms. The summed E-state index contributed by atoms with van der Waals surface area (Å²) in [5.41, 5.74) is -0.621. The van der Waals surface area contributed by atoms with Crippen molar-refractivity contribution in [3.8, 4) is 5.75 Å². The van der Waals surface area contributed by atoms with Gasteiger partial charge in [-0.05, 0) is 6.42 Å². The number of likely N-dealkylation sites (tertiary alicyclic amines) is 1. The fourth-order valence-electron chi connectivity index (χ4n) is 5.52. The molecule has 3 saturated heterocycles. The molecular weight excluding hydrogens is 561 g/mol. The molecule has 6 rings (SSSR count). The number of fused-ring (bicyclic) bond motifs is 3. The highest BCUT2D eigenvalue weighted by Gasteiger charge is 2.47. The predicted molar refractivity (Wildman–Crippen MR) is 128 cm³/mol. The van der Waals surface area contributed by atoms with Crippen LogP contribution >= 0.6 is 0 Å². The van der Waals surface area contributed by atoms with Crippen molar-refractivity contribution in [1.29, 1.82) is 0 Å². The van der Waals surface area contributed by atoms with E-state index >= 15 is 0 Å². The largest absolute Gasteiger partial charge is 0.489 e. The van der Waals surface area contributed by atoms with Gasteiger partial charge in [-0.1, -0.05) is 0 Å². The topological polar surface area (TPSA) is 137 Å². The van der Waals surface area contributed by atoms with Crippen molar-refractivity contribution in [1.82, 2.24) is 14.2 Å². The Morgan fingerprint density at radius 3 is 2.62 bits per heavy atom. The quantitative estimate of drug-likeness (QED) is 0.518. The van der Waals surface area contributed by atoms with Gasteiger partial charge in [0.1, 0.15) is 11.0 Å². The number of rotatable bonds is 3. The van der Waals surface area contributed by atoms with Gasteiger partial charge < -0.3 is 33.7 Å². The number of hydrogen-bond acceptors (Lipinski definition) is 8. The van der Waals surface area contributed by atoms with E-state index < -0.39 is 63.8 Å². The molecule has 5 atom stereocenters. The van der Waals surface area contributed by atoms with Gasteiger partial charge in [-0.15, -0.1) is 0 Å². The van der Waals surface area contributed by atoms with Crippen LogP contribution in [0.25, 0.3) is 0 Å². The number of benzene rings is 1. The van der Waals surface area contributed by atoms with Gasteiger partial charge in [0.05, 0.1) is 25.7 Å². The van der Waals surface area contributed by atoms with Gasteiger partial charge in [0.15, 0.2) is 35.2 Å². The number of nitrogens with zero attached hydrogens (tertiary/aromatic N) is 2. The zero-order valence-electron chi connectivity index (χ0n) is 21.1. The highest BCUT2D eigenvalue weighted by Crippen LogP contribution is 2.36. The first-order valence-electron chi connectivity index (χ1n) is 12.5. The molecule has 0 saturated carbocycles. The van der Waals surface area contributed by atoms with Gasteiger partial charge >= 0.3 is 6.09 Å². The number of hydrogen-bond donors (Lipinski definition) is 2. The Kier molecular flexibility index (Phi) is 6.67. The van der Waals surface area contributed by atoms with Crippen molar-refractivity contribution >= 4 is 27.7 Å². The number of nitrogens with one attached hydrogen (secondary N) is 2. The Labute approximate surface area is 226 Å². The third-order valence-electron chi connectivity index (χ3n) is 7.53. The van der Waals surface area contributed by atoms with E-state index in [0.717, 1.165) is 0 Å². The Hall–Kier alpha value is -3.34. The third kappa shape index (κ3) is 4.67. The molecule has 1 aromatic heterocycles. The molecule has 4 aliphatic heterocycles. The lowest BCUT2D eigenvalue weighted by molar-refractivity contribution is -0.0907. The van der Waals surface area contributed by atoms with Crippen molar-refractivity contribution in [3.05, 3.63) is 41.5 Å². The molecule has 2 aromatic rings. The van der Waals surface area contributed by atoms with Crippen LogP contribution in [0.2, 0.25) is 0 Å². The van der Waals surface area contributed by atoms with Crippen LogP contribution in [0.1, 0.15) is 16.9 Å². The second kappa shape index (κ2) is 9.94. The molecule has 5 heterocycles. The molecule has 0 spiro atoms. The maximum Gasteiger partial charge on any atom is 0.410 e. The van der Waals surface area contributed by atoms with Crippen molar-refractivity contribution in [2.24, 2.45) is 18.9 Å². The Morgan fingerprint density at radius 2 is 1.88 bits per heavy atom. The molecule has 16 heteroatoms. The molecule has 40 heavy (non-hydrogen) atoms. The number of carbonyl (C=O) groups excluding carboxylic acids is 2. The van der Waals surface area contributed by atoms with E-state index in [9.17, 15) is 31.2 Å². The fraction of sp³-hybridized carbons (Fsp3) is 0.500. The van der Waals surface area contributed by atoms with Crippen LogP contribution in [0, 0.1) is 29.3 Å². The van der Waals surface area contributed by atoms with E-state index in [1.54, 1.807) is 0 Å². The normalized spacial score (nSPS) is 28.6. The van der Waals surface area contributed by atoms with Gasteiger partial charge in [0.25, 0.3) is 5.91 Å². The minimum Gasteiger partial charge on any atom is -0.489 e. The van der Waals surface area contributed by atoms with Gasteiger partial charge in [0, 0.05) is 56.1 Å². The smallest absolute Gasteiger partial charge is 0.410 e. The van der Waals surface area contributed by atoms with Gasteiger partial charge in [-0.3, -0.25) is 4.79 Å². The molecule has 12 nitrogen and oxygen atoms in total. The Bertz CT molecular complexity index is 1460. The van der Waals surface area contributed by atoms with Crippen LogP contribution in [0.4, 0.5) is 23.7 Å². The minimum absolute atomic E-state index is 0.0431. The summed E-state index contributed by atoms with van der Waals surface area (Å²) in [7, 11) is -2.83. The molecule has 4 aliphatic rings. The summed E-state index contributed by atoms with van der Waals surface area (Å²) in [6.45, 7) is 0.854. The Morgan fingerprint density at radius 1 is 1.12 bits per heavy atom. The summed E-state index contributed by atoms with van der Waals surface area (Å²) in [5.74, 6) is -6.45. The van der Waals surface area contributed by atoms with E-state index in [-0.39, 0.29) is 54.2 Å². The van der Waals surface area contributed by atoms with Crippen LogP contribution in [-0.4, -0.2) is 81.2 Å². The molecule has 1 aromatic carbocycles. The first-order chi connectivity index (χ1) is 19.0. The number of carbonyl (C=O) groups is 2. The van der Waals surface area contributed by atoms with Crippen LogP contribution in [-0.2, 0) is 31.3 Å². The minimum atomic E-state index is -4.23. The average molecular weight is 587 g/mol. The van der Waals surface area contributed by atoms with E-state index in [2.05, 4.69) is 10.0 Å². The first kappa shape index (κ1) is 26.9. The predicted octanol–water partition coefficient (Wildman–Crippen LogP) is 1.56. The summed E-state index contributed by atoms with van der Waals surface area (Å²) < 4.78 is 93.4. The number of aryl methyl sites for hydroxylation is 1. The number of halogens is 3. The van der Waals surface area contributed by atoms with E-state index in [1.165, 1.54) is 22.7 Å². The molecule has 2 unspecified atom stereocenters. The van der Waals surface area contributed by atoms with Crippen molar-refractivity contribution < 1.29 is 50.1 Å². The second-order valence-electron chi connectivity index (χ2n) is 10.1. The summed E-state index contributed by atoms with van der Waals surface area (Å²) in [6.07, 6.45) is 0.415. The first-order valence-corrected chi connectivity index (χ1v) is 14.0. The molecule has 2 N–H and O–H groups in total. The lowest BCUT2D eigenvalue weighted by Gasteiger charge is -2.23. The monoisotopic (exact) mass is 586 g/mol. The van der Waals surface area contributed by atoms with Gasteiger partial charge in [0.2, 0.25) is 10.0 Å². The fourth-order valence-corrected chi connectivity index (χ4v) is 7.00. The standard InChI is InChI=1S/C24H25F3N4O8S/c1-30-8-18-21(20(30)22(32)28-12-4-14(25)19(27)15(26)5-12)37-9-11-6-31(7-16(11)29-40(18,34)35)24(33)39-17-10-38-23-13(17)2-3-36-23/h4-5,8,11,13,16-17,23,29H,2-3,6-7,9-10H2,1H3,(H,28,32)/t11?,13-,16?,17-,23+/m0/s1. The molecule has 0 radical (unpaired) electrons. The Balaban J connectivity index is 1.19. The van der Waals surface area contributed by atoms with Gasteiger partial charge in [-0.2, -0.15) is 0 Å². The number of anilines is 1. The molecular formula is C24H25F3N4O8S. The third-order valence-corrected chi connectivity index (χ3v) is 9.02. The molecule has 3 fully saturated rings. The maximum absolute atomic E-state index is 13.6. The number of aromatic nitrogens is 1. The van der Waals surface area contributed by atoms with Crippen molar-refractivity contribution in [2.45, 2.75) is 29.8 Å².